The van der Waals surface area contributed by atoms with Crippen molar-refractivity contribution < 1.29 is 20.1 Å². The number of hydrogen-bond acceptors (Lipinski definition) is 4. The van der Waals surface area contributed by atoms with Gasteiger partial charge in [0.2, 0.25) is 0 Å². The van der Waals surface area contributed by atoms with Crippen molar-refractivity contribution in [3.8, 4) is 0 Å². The molecule has 2 unspecified atom stereocenters. The minimum Gasteiger partial charge on any atom is -0.396 e. The van der Waals surface area contributed by atoms with Crippen LogP contribution in [0.2, 0.25) is 0 Å². The summed E-state index contributed by atoms with van der Waals surface area (Å²) in [6.07, 6.45) is 9.71. The Hall–Kier alpha value is -0.710. The summed E-state index contributed by atoms with van der Waals surface area (Å²) in [5.74, 6) is 1.86. The maximum absolute atomic E-state index is 12.1. The molecule has 4 heteroatoms. The molecule has 4 aliphatic carbocycles. The molecule has 0 aliphatic heterocycles. The summed E-state index contributed by atoms with van der Waals surface area (Å²) in [4.78, 5) is 12.1. The number of carbonyl (C=O) groups excluding carboxylic acids is 1. The minimum absolute atomic E-state index is 0.0252. The van der Waals surface area contributed by atoms with Gasteiger partial charge in [0.1, 0.15) is 0 Å². The fourth-order valence-corrected chi connectivity index (χ4v) is 7.85. The van der Waals surface area contributed by atoms with Crippen molar-refractivity contribution in [2.75, 3.05) is 13.2 Å². The second-order valence-electron chi connectivity index (χ2n) is 10.3. The molecule has 0 spiro atoms. The second-order valence-corrected chi connectivity index (χ2v) is 10.3. The molecule has 0 aromatic heterocycles. The lowest BCUT2D eigenvalue weighted by Crippen LogP contribution is -2.56. The number of hydrogen-bond donors (Lipinski definition) is 3. The molecule has 0 bridgehead atoms. The first-order valence-electron chi connectivity index (χ1n) is 11.0. The van der Waals surface area contributed by atoms with Crippen molar-refractivity contribution in [1.82, 2.24) is 0 Å². The van der Waals surface area contributed by atoms with Gasteiger partial charge in [-0.1, -0.05) is 19.4 Å². The molecule has 0 saturated heterocycles. The van der Waals surface area contributed by atoms with Gasteiger partial charge in [-0.25, -0.2) is 0 Å². The van der Waals surface area contributed by atoms with Gasteiger partial charge in [-0.15, -0.1) is 0 Å². The maximum atomic E-state index is 12.1. The summed E-state index contributed by atoms with van der Waals surface area (Å²) in [6, 6.07) is 0. The predicted molar refractivity (Wildman–Crippen MR) is 104 cm³/mol. The number of carbonyl (C=O) groups is 1. The van der Waals surface area contributed by atoms with Gasteiger partial charge in [-0.2, -0.15) is 0 Å². The second kappa shape index (κ2) is 6.67. The third-order valence-electron chi connectivity index (χ3n) is 9.41. The Morgan fingerprint density at radius 1 is 1.11 bits per heavy atom. The van der Waals surface area contributed by atoms with E-state index in [4.69, 9.17) is 0 Å². The van der Waals surface area contributed by atoms with Crippen molar-refractivity contribution in [2.45, 2.75) is 77.2 Å². The van der Waals surface area contributed by atoms with Crippen LogP contribution in [0.3, 0.4) is 0 Å². The van der Waals surface area contributed by atoms with Gasteiger partial charge in [0, 0.05) is 25.6 Å². The van der Waals surface area contributed by atoms with Crippen molar-refractivity contribution in [1.29, 1.82) is 0 Å². The van der Waals surface area contributed by atoms with E-state index in [0.29, 0.717) is 37.0 Å². The first kappa shape index (κ1) is 19.6. The number of fused-ring (bicyclic) bond motifs is 5. The molecule has 4 rings (SSSR count). The van der Waals surface area contributed by atoms with Gasteiger partial charge in [-0.3, -0.25) is 4.79 Å². The number of aliphatic hydroxyl groups excluding tert-OH is 2. The normalized spacial score (nSPS) is 49.2. The van der Waals surface area contributed by atoms with Crippen LogP contribution in [0, 0.1) is 34.5 Å². The van der Waals surface area contributed by atoms with Crippen molar-refractivity contribution in [2.24, 2.45) is 34.5 Å². The Morgan fingerprint density at radius 3 is 2.56 bits per heavy atom. The van der Waals surface area contributed by atoms with Crippen LogP contribution in [0.25, 0.3) is 0 Å². The number of ketones is 1. The van der Waals surface area contributed by atoms with E-state index >= 15 is 0 Å². The van der Waals surface area contributed by atoms with E-state index in [-0.39, 0.29) is 35.7 Å². The maximum Gasteiger partial charge on any atom is 0.155 e. The smallest absolute Gasteiger partial charge is 0.155 e. The van der Waals surface area contributed by atoms with Crippen LogP contribution >= 0.6 is 0 Å². The zero-order valence-electron chi connectivity index (χ0n) is 16.9. The zero-order chi connectivity index (χ0) is 19.4. The van der Waals surface area contributed by atoms with Gasteiger partial charge >= 0.3 is 0 Å². The van der Waals surface area contributed by atoms with Crippen LogP contribution < -0.4 is 0 Å². The summed E-state index contributed by atoms with van der Waals surface area (Å²) < 4.78 is 0. The van der Waals surface area contributed by atoms with Crippen molar-refractivity contribution in [3.63, 3.8) is 0 Å². The van der Waals surface area contributed by atoms with Crippen molar-refractivity contribution >= 4 is 5.78 Å². The molecule has 0 aromatic carbocycles. The molecular weight excluding hydrogens is 340 g/mol. The largest absolute Gasteiger partial charge is 0.396 e. The van der Waals surface area contributed by atoms with E-state index < -0.39 is 5.60 Å². The van der Waals surface area contributed by atoms with Crippen LogP contribution in [-0.4, -0.2) is 39.9 Å². The molecule has 7 atom stereocenters. The van der Waals surface area contributed by atoms with E-state index in [2.05, 4.69) is 13.8 Å². The topological polar surface area (TPSA) is 77.8 Å². The Balaban J connectivity index is 1.68. The Labute approximate surface area is 163 Å². The highest BCUT2D eigenvalue weighted by atomic mass is 16.3. The first-order chi connectivity index (χ1) is 12.8. The van der Waals surface area contributed by atoms with Gasteiger partial charge in [0.25, 0.3) is 0 Å². The molecule has 3 N–H and O–H groups in total. The zero-order valence-corrected chi connectivity index (χ0v) is 16.9. The van der Waals surface area contributed by atoms with Crippen LogP contribution in [0.1, 0.15) is 71.6 Å². The average Bonchev–Trinajstić information content (AvgIpc) is 2.92. The van der Waals surface area contributed by atoms with Crippen LogP contribution in [0.5, 0.6) is 0 Å². The lowest BCUT2D eigenvalue weighted by molar-refractivity contribution is -0.138. The van der Waals surface area contributed by atoms with Crippen LogP contribution in [0.15, 0.2) is 11.6 Å². The van der Waals surface area contributed by atoms with E-state index in [9.17, 15) is 20.1 Å². The molecule has 0 aromatic rings. The first-order valence-corrected chi connectivity index (χ1v) is 11.0. The Bertz CT molecular complexity index is 642. The van der Waals surface area contributed by atoms with E-state index in [0.717, 1.165) is 38.5 Å². The average molecular weight is 377 g/mol. The lowest BCUT2D eigenvalue weighted by atomic mass is 9.44. The summed E-state index contributed by atoms with van der Waals surface area (Å²) >= 11 is 0. The molecule has 4 nitrogen and oxygen atoms in total. The number of rotatable bonds is 4. The Kier molecular flexibility index (Phi) is 4.84. The van der Waals surface area contributed by atoms with E-state index in [1.54, 1.807) is 0 Å². The highest BCUT2D eigenvalue weighted by Gasteiger charge is 2.64. The van der Waals surface area contributed by atoms with Crippen LogP contribution in [-0.2, 0) is 4.79 Å². The molecule has 152 valence electrons. The number of aliphatic hydroxyl groups is 3. The third-order valence-corrected chi connectivity index (χ3v) is 9.41. The SMILES string of the molecule is C[C@]12CCC(=O)C=C1C(CO)C[C@@H]1[C@H]2CC[C@@]2(C)[C@H]1CCC2(O)CCCO. The molecule has 27 heavy (non-hydrogen) atoms. The highest BCUT2D eigenvalue weighted by molar-refractivity contribution is 5.91. The van der Waals surface area contributed by atoms with E-state index in [1.807, 2.05) is 6.08 Å². The van der Waals surface area contributed by atoms with E-state index in [1.165, 1.54) is 5.57 Å². The Morgan fingerprint density at radius 2 is 1.85 bits per heavy atom. The molecule has 0 radical (unpaired) electrons. The molecule has 4 aliphatic rings. The van der Waals surface area contributed by atoms with Gasteiger partial charge in [0.15, 0.2) is 5.78 Å². The molecule has 0 heterocycles. The molecule has 3 saturated carbocycles. The van der Waals surface area contributed by atoms with Crippen molar-refractivity contribution in [3.05, 3.63) is 11.6 Å². The minimum atomic E-state index is -0.667. The van der Waals surface area contributed by atoms with Crippen LogP contribution in [0.4, 0.5) is 0 Å². The lowest BCUT2D eigenvalue weighted by Gasteiger charge is -2.60. The highest BCUT2D eigenvalue weighted by Crippen LogP contribution is 2.68. The summed E-state index contributed by atoms with van der Waals surface area (Å²) in [7, 11) is 0. The predicted octanol–water partition coefficient (Wildman–Crippen LogP) is 3.24. The van der Waals surface area contributed by atoms with Gasteiger partial charge in [-0.05, 0) is 86.0 Å². The molecule has 0 amide bonds. The quantitative estimate of drug-likeness (QED) is 0.704. The summed E-state index contributed by atoms with van der Waals surface area (Å²) in [5.41, 5.74) is 0.474. The third kappa shape index (κ3) is 2.70. The summed E-state index contributed by atoms with van der Waals surface area (Å²) in [6.45, 7) is 4.88. The fourth-order valence-electron chi connectivity index (χ4n) is 7.85. The monoisotopic (exact) mass is 376 g/mol. The van der Waals surface area contributed by atoms with Gasteiger partial charge < -0.3 is 15.3 Å². The fraction of sp³-hybridized carbons (Fsp3) is 0.870. The van der Waals surface area contributed by atoms with Gasteiger partial charge in [0.05, 0.1) is 5.60 Å². The molecule has 3 fully saturated rings. The molecular formula is C23H36O4. The standard InChI is InChI=1S/C23H36O4/c1-21-8-4-16(26)13-20(21)15(14-25)12-17-18(21)5-9-22(2)19(17)6-10-23(22,27)7-3-11-24/h13,15,17-19,24-25,27H,3-12,14H2,1-2H3/t15?,17-,18-,19+,21-,22+,23?/m1/s1. The summed E-state index contributed by atoms with van der Waals surface area (Å²) in [5, 5.41) is 30.9.